The smallest absolute Gasteiger partial charge is 0.433 e. The predicted octanol–water partition coefficient (Wildman–Crippen LogP) is 2.87. The summed E-state index contributed by atoms with van der Waals surface area (Å²) in [5.41, 5.74) is -1.09. The van der Waals surface area contributed by atoms with Gasteiger partial charge in [-0.05, 0) is 12.1 Å². The highest BCUT2D eigenvalue weighted by molar-refractivity contribution is 7.09. The molecular formula is C11H8F3N3O2S. The van der Waals surface area contributed by atoms with Crippen LogP contribution in [0, 0.1) is 0 Å². The highest BCUT2D eigenvalue weighted by Crippen LogP contribution is 2.28. The summed E-state index contributed by atoms with van der Waals surface area (Å²) in [5, 5.41) is 13.2. The Morgan fingerprint density at radius 1 is 1.35 bits per heavy atom. The molecule has 2 N–H and O–H groups in total. The second-order valence-electron chi connectivity index (χ2n) is 3.69. The predicted molar refractivity (Wildman–Crippen MR) is 65.6 cm³/mol. The number of aromatic carboxylic acids is 1. The summed E-state index contributed by atoms with van der Waals surface area (Å²) >= 11 is 1.10. The van der Waals surface area contributed by atoms with Crippen LogP contribution in [0.3, 0.4) is 0 Å². The van der Waals surface area contributed by atoms with E-state index >= 15 is 0 Å². The lowest BCUT2D eigenvalue weighted by molar-refractivity contribution is -0.141. The Bertz CT molecular complexity index is 627. The fraction of sp³-hybridized carbons (Fsp3) is 0.182. The molecule has 0 bridgehead atoms. The van der Waals surface area contributed by atoms with Gasteiger partial charge in [-0.15, -0.1) is 11.3 Å². The van der Waals surface area contributed by atoms with E-state index in [0.29, 0.717) is 5.01 Å². The van der Waals surface area contributed by atoms with Crippen molar-refractivity contribution in [3.8, 4) is 0 Å². The Morgan fingerprint density at radius 2 is 2.10 bits per heavy atom. The minimum atomic E-state index is -4.50. The van der Waals surface area contributed by atoms with Crippen molar-refractivity contribution < 1.29 is 23.1 Å². The summed E-state index contributed by atoms with van der Waals surface area (Å²) in [6.45, 7) is 0.103. The van der Waals surface area contributed by atoms with Crippen molar-refractivity contribution in [2.45, 2.75) is 12.7 Å². The molecule has 0 aromatic carbocycles. The number of anilines is 1. The summed E-state index contributed by atoms with van der Waals surface area (Å²) in [7, 11) is 0. The number of rotatable bonds is 4. The van der Waals surface area contributed by atoms with E-state index in [1.165, 1.54) is 17.5 Å². The van der Waals surface area contributed by atoms with Gasteiger partial charge in [0.25, 0.3) is 0 Å². The van der Waals surface area contributed by atoms with Crippen LogP contribution in [0.1, 0.15) is 21.2 Å². The van der Waals surface area contributed by atoms with E-state index < -0.39 is 17.8 Å². The highest BCUT2D eigenvalue weighted by Gasteiger charge is 2.32. The van der Waals surface area contributed by atoms with Gasteiger partial charge in [0.2, 0.25) is 0 Å². The maximum atomic E-state index is 12.5. The van der Waals surface area contributed by atoms with Crippen LogP contribution in [0.5, 0.6) is 0 Å². The van der Waals surface area contributed by atoms with Crippen molar-refractivity contribution in [1.82, 2.24) is 9.97 Å². The normalized spacial score (nSPS) is 11.3. The van der Waals surface area contributed by atoms with Crippen LogP contribution >= 0.6 is 11.3 Å². The Morgan fingerprint density at radius 3 is 2.70 bits per heavy atom. The van der Waals surface area contributed by atoms with Gasteiger partial charge in [0.1, 0.15) is 16.5 Å². The van der Waals surface area contributed by atoms with E-state index in [-0.39, 0.29) is 18.1 Å². The average molecular weight is 303 g/mol. The summed E-state index contributed by atoms with van der Waals surface area (Å²) in [5.74, 6) is -1.10. The number of nitrogens with zero attached hydrogens (tertiary/aromatic N) is 2. The van der Waals surface area contributed by atoms with Gasteiger partial charge in [-0.1, -0.05) is 6.07 Å². The minimum Gasteiger partial charge on any atom is -0.476 e. The molecule has 106 valence electrons. The zero-order chi connectivity index (χ0) is 14.8. The Hall–Kier alpha value is -2.16. The number of aromatic nitrogens is 2. The van der Waals surface area contributed by atoms with Gasteiger partial charge in [-0.3, -0.25) is 0 Å². The molecule has 0 saturated heterocycles. The molecule has 5 nitrogen and oxygen atoms in total. The summed E-state index contributed by atoms with van der Waals surface area (Å²) in [6.07, 6.45) is -4.50. The molecule has 0 fully saturated rings. The molecule has 2 aromatic heterocycles. The molecule has 0 amide bonds. The van der Waals surface area contributed by atoms with Crippen molar-refractivity contribution in [1.29, 1.82) is 0 Å². The van der Waals surface area contributed by atoms with Crippen LogP contribution in [0.15, 0.2) is 23.6 Å². The van der Waals surface area contributed by atoms with Crippen molar-refractivity contribution in [3.63, 3.8) is 0 Å². The van der Waals surface area contributed by atoms with Crippen LogP contribution in [-0.4, -0.2) is 21.0 Å². The molecule has 9 heteroatoms. The number of halogens is 3. The highest BCUT2D eigenvalue weighted by atomic mass is 32.1. The van der Waals surface area contributed by atoms with Crippen LogP contribution in [0.4, 0.5) is 19.0 Å². The van der Waals surface area contributed by atoms with Crippen LogP contribution < -0.4 is 5.32 Å². The van der Waals surface area contributed by atoms with Crippen molar-refractivity contribution in [3.05, 3.63) is 40.0 Å². The van der Waals surface area contributed by atoms with Gasteiger partial charge < -0.3 is 10.4 Å². The van der Waals surface area contributed by atoms with Crippen LogP contribution in [0.2, 0.25) is 0 Å². The first-order valence-corrected chi connectivity index (χ1v) is 6.20. The number of carboxylic acid groups (broad SMARTS) is 1. The number of thiazole rings is 1. The Labute approximate surface area is 115 Å². The number of pyridine rings is 1. The average Bonchev–Trinajstić information content (AvgIpc) is 2.85. The van der Waals surface area contributed by atoms with E-state index in [2.05, 4.69) is 15.3 Å². The zero-order valence-corrected chi connectivity index (χ0v) is 10.6. The Kier molecular flexibility index (Phi) is 3.89. The molecule has 2 heterocycles. The monoisotopic (exact) mass is 303 g/mol. The third-order valence-electron chi connectivity index (χ3n) is 2.23. The first kappa shape index (κ1) is 14.3. The van der Waals surface area contributed by atoms with E-state index in [4.69, 9.17) is 5.11 Å². The molecule has 0 saturated carbocycles. The SMILES string of the molecule is O=C(O)c1csc(CNc2cccc(C(F)(F)F)n2)n1. The third-order valence-corrected chi connectivity index (χ3v) is 3.08. The molecule has 0 spiro atoms. The second-order valence-corrected chi connectivity index (χ2v) is 4.63. The van der Waals surface area contributed by atoms with Gasteiger partial charge >= 0.3 is 12.1 Å². The number of carboxylic acids is 1. The molecular weight excluding hydrogens is 295 g/mol. The number of nitrogens with one attached hydrogen (secondary N) is 1. The second kappa shape index (κ2) is 5.45. The third kappa shape index (κ3) is 3.44. The van der Waals surface area contributed by atoms with Crippen molar-refractivity contribution >= 4 is 23.1 Å². The van der Waals surface area contributed by atoms with E-state index in [9.17, 15) is 18.0 Å². The molecule has 0 unspecified atom stereocenters. The molecule has 0 aliphatic heterocycles. The number of carbonyl (C=O) groups is 1. The largest absolute Gasteiger partial charge is 0.476 e. The lowest BCUT2D eigenvalue weighted by atomic mass is 10.3. The quantitative estimate of drug-likeness (QED) is 0.908. The molecule has 20 heavy (non-hydrogen) atoms. The van der Waals surface area contributed by atoms with Crippen LogP contribution in [-0.2, 0) is 12.7 Å². The van der Waals surface area contributed by atoms with Gasteiger partial charge in [-0.2, -0.15) is 13.2 Å². The zero-order valence-electron chi connectivity index (χ0n) is 9.81. The molecule has 0 aliphatic rings. The maximum Gasteiger partial charge on any atom is 0.433 e. The van der Waals surface area contributed by atoms with Crippen molar-refractivity contribution in [2.24, 2.45) is 0 Å². The summed E-state index contributed by atoms with van der Waals surface area (Å²) < 4.78 is 37.4. The van der Waals surface area contributed by atoms with E-state index in [1.54, 1.807) is 0 Å². The fourth-order valence-electron chi connectivity index (χ4n) is 1.35. The number of hydrogen-bond donors (Lipinski definition) is 2. The topological polar surface area (TPSA) is 75.1 Å². The lowest BCUT2D eigenvalue weighted by Crippen LogP contribution is -2.10. The number of hydrogen-bond acceptors (Lipinski definition) is 5. The Balaban J connectivity index is 2.05. The molecule has 0 aliphatic carbocycles. The first-order chi connectivity index (χ1) is 9.36. The van der Waals surface area contributed by atoms with Gasteiger partial charge in [0.05, 0.1) is 6.54 Å². The van der Waals surface area contributed by atoms with Crippen molar-refractivity contribution in [2.75, 3.05) is 5.32 Å². The van der Waals surface area contributed by atoms with Gasteiger partial charge in [0.15, 0.2) is 5.69 Å². The first-order valence-electron chi connectivity index (χ1n) is 5.32. The molecule has 2 rings (SSSR count). The van der Waals surface area contributed by atoms with Gasteiger partial charge in [-0.25, -0.2) is 14.8 Å². The summed E-state index contributed by atoms with van der Waals surface area (Å²) in [4.78, 5) is 17.9. The number of alkyl halides is 3. The van der Waals surface area contributed by atoms with Crippen LogP contribution in [0.25, 0.3) is 0 Å². The fourth-order valence-corrected chi connectivity index (χ4v) is 2.06. The molecule has 0 radical (unpaired) electrons. The van der Waals surface area contributed by atoms with E-state index in [1.807, 2.05) is 0 Å². The lowest BCUT2D eigenvalue weighted by Gasteiger charge is -2.08. The van der Waals surface area contributed by atoms with E-state index in [0.717, 1.165) is 17.4 Å². The van der Waals surface area contributed by atoms with Gasteiger partial charge in [0, 0.05) is 5.38 Å². The maximum absolute atomic E-state index is 12.5. The molecule has 2 aromatic rings. The summed E-state index contributed by atoms with van der Waals surface area (Å²) in [6, 6.07) is 3.50. The standard InChI is InChI=1S/C11H8F3N3O2S/c12-11(13,14)7-2-1-3-8(17-7)15-4-9-16-6(5-20-9)10(18)19/h1-3,5H,4H2,(H,15,17)(H,18,19). The minimum absolute atomic E-state index is 0.0481. The molecule has 0 atom stereocenters.